The van der Waals surface area contributed by atoms with Gasteiger partial charge in [-0.3, -0.25) is 14.2 Å². The van der Waals surface area contributed by atoms with Gasteiger partial charge in [0.05, 0.1) is 35.1 Å². The minimum atomic E-state index is -0.733. The van der Waals surface area contributed by atoms with Crippen LogP contribution in [-0.4, -0.2) is 44.9 Å². The van der Waals surface area contributed by atoms with E-state index in [-0.39, 0.29) is 35.4 Å². The van der Waals surface area contributed by atoms with Crippen molar-refractivity contribution in [3.63, 3.8) is 0 Å². The number of ether oxygens (including phenoxy) is 1. The molecule has 0 atom stereocenters. The zero-order valence-electron chi connectivity index (χ0n) is 21.6. The van der Waals surface area contributed by atoms with Crippen molar-refractivity contribution in [3.05, 3.63) is 100 Å². The predicted octanol–water partition coefficient (Wildman–Crippen LogP) is 5.21. The molecule has 0 bridgehead atoms. The molecule has 0 spiro atoms. The Kier molecular flexibility index (Phi) is 9.52. The van der Waals surface area contributed by atoms with E-state index >= 15 is 0 Å². The number of rotatable bonds is 10. The summed E-state index contributed by atoms with van der Waals surface area (Å²) in [7, 11) is 0. The Morgan fingerprint density at radius 2 is 1.80 bits per heavy atom. The van der Waals surface area contributed by atoms with Crippen LogP contribution in [0.1, 0.15) is 39.0 Å². The zero-order valence-corrected chi connectivity index (χ0v) is 23.2. The number of amides is 2. The van der Waals surface area contributed by atoms with Gasteiger partial charge in [0.25, 0.3) is 5.91 Å². The molecule has 12 heteroatoms. The molecule has 1 heterocycles. The molecule has 0 unspecified atom stereocenters. The van der Waals surface area contributed by atoms with Crippen molar-refractivity contribution in [2.45, 2.75) is 25.5 Å². The first-order valence-corrected chi connectivity index (χ1v) is 13.6. The lowest BCUT2D eigenvalue weighted by Gasteiger charge is -2.12. The molecule has 2 N–H and O–H groups in total. The largest absolute Gasteiger partial charge is 0.462 e. The summed E-state index contributed by atoms with van der Waals surface area (Å²) in [5.41, 5.74) is 2.37. The van der Waals surface area contributed by atoms with Crippen molar-refractivity contribution in [2.75, 3.05) is 17.7 Å². The number of benzene rings is 3. The molecule has 0 saturated heterocycles. The number of halogens is 2. The molecular weight excluding hydrogens is 557 g/mol. The van der Waals surface area contributed by atoms with Crippen LogP contribution in [0.15, 0.2) is 71.9 Å². The summed E-state index contributed by atoms with van der Waals surface area (Å²) < 4.78 is 20.9. The van der Waals surface area contributed by atoms with Gasteiger partial charge < -0.3 is 15.4 Å². The number of thioether (sulfide) groups is 1. The maximum Gasteiger partial charge on any atom is 0.338 e. The lowest BCUT2D eigenvalue weighted by molar-refractivity contribution is -0.113. The normalized spacial score (nSPS) is 10.7. The van der Waals surface area contributed by atoms with E-state index in [1.54, 1.807) is 35.8 Å². The van der Waals surface area contributed by atoms with Gasteiger partial charge in [-0.05, 0) is 67.9 Å². The molecule has 40 heavy (non-hydrogen) atoms. The summed E-state index contributed by atoms with van der Waals surface area (Å²) in [4.78, 5) is 37.2. The molecule has 3 aromatic carbocycles. The highest BCUT2D eigenvalue weighted by molar-refractivity contribution is 7.99. The highest BCUT2D eigenvalue weighted by atomic mass is 35.5. The number of nitrogens with zero attached hydrogens (tertiary/aromatic N) is 3. The number of carbonyl (C=O) groups is 3. The van der Waals surface area contributed by atoms with Gasteiger partial charge in [-0.1, -0.05) is 41.6 Å². The van der Waals surface area contributed by atoms with Crippen molar-refractivity contribution in [3.8, 4) is 5.69 Å². The maximum absolute atomic E-state index is 14.2. The topological polar surface area (TPSA) is 115 Å². The van der Waals surface area contributed by atoms with Crippen LogP contribution < -0.4 is 10.6 Å². The smallest absolute Gasteiger partial charge is 0.338 e. The van der Waals surface area contributed by atoms with Gasteiger partial charge in [0, 0.05) is 11.4 Å². The van der Waals surface area contributed by atoms with Gasteiger partial charge in [0.2, 0.25) is 5.91 Å². The molecule has 206 valence electrons. The van der Waals surface area contributed by atoms with Crippen LogP contribution in [0.25, 0.3) is 5.69 Å². The average Bonchev–Trinajstić information content (AvgIpc) is 3.34. The standard InChI is InChI=1S/C28H25ClFN5O4S/c1-3-39-27(38)18-10-12-19(13-11-18)32-24(36)16-40-28-34-33-23(35(28)20-7-4-6-17(2)14-20)15-31-26(37)25-21(29)8-5-9-22(25)30/h4-14H,3,15-16H2,1-2H3,(H,31,37)(H,32,36). The first-order valence-electron chi connectivity index (χ1n) is 12.2. The van der Waals surface area contributed by atoms with Crippen LogP contribution >= 0.6 is 23.4 Å². The maximum atomic E-state index is 14.2. The zero-order chi connectivity index (χ0) is 28.6. The molecule has 9 nitrogen and oxygen atoms in total. The van der Waals surface area contributed by atoms with Gasteiger partial charge in [0.15, 0.2) is 11.0 Å². The third-order valence-corrected chi connectivity index (χ3v) is 6.81. The van der Waals surface area contributed by atoms with Crippen molar-refractivity contribution >= 4 is 46.8 Å². The predicted molar refractivity (Wildman–Crippen MR) is 150 cm³/mol. The number of esters is 1. The number of nitrogens with one attached hydrogen (secondary N) is 2. The second-order valence-corrected chi connectivity index (χ2v) is 9.84. The average molecular weight is 582 g/mol. The molecule has 0 aliphatic heterocycles. The Bertz CT molecular complexity index is 1520. The summed E-state index contributed by atoms with van der Waals surface area (Å²) in [5, 5.41) is 14.3. The molecule has 4 aromatic rings. The SMILES string of the molecule is CCOC(=O)c1ccc(NC(=O)CSc2nnc(CNC(=O)c3c(F)cccc3Cl)n2-c2cccc(C)c2)cc1. The van der Waals surface area contributed by atoms with Crippen molar-refractivity contribution in [1.29, 1.82) is 0 Å². The molecule has 0 saturated carbocycles. The van der Waals surface area contributed by atoms with Gasteiger partial charge in [0.1, 0.15) is 5.82 Å². The molecule has 0 aliphatic rings. The third-order valence-electron chi connectivity index (χ3n) is 5.57. The molecule has 0 aliphatic carbocycles. The second-order valence-electron chi connectivity index (χ2n) is 8.49. The fourth-order valence-corrected chi connectivity index (χ4v) is 4.75. The first kappa shape index (κ1) is 28.8. The van der Waals surface area contributed by atoms with E-state index in [9.17, 15) is 18.8 Å². The lowest BCUT2D eigenvalue weighted by atomic mass is 10.2. The molecule has 1 aromatic heterocycles. The molecule has 0 radical (unpaired) electrons. The second kappa shape index (κ2) is 13.2. The Balaban J connectivity index is 1.47. The minimum Gasteiger partial charge on any atom is -0.462 e. The number of hydrogen-bond donors (Lipinski definition) is 2. The van der Waals surface area contributed by atoms with Crippen LogP contribution in [0.5, 0.6) is 0 Å². The first-order chi connectivity index (χ1) is 19.3. The third kappa shape index (κ3) is 7.04. The molecule has 0 fully saturated rings. The fraction of sp³-hybridized carbons (Fsp3) is 0.179. The number of carbonyl (C=O) groups excluding carboxylic acids is 3. The highest BCUT2D eigenvalue weighted by Crippen LogP contribution is 2.24. The Morgan fingerprint density at radius 1 is 1.05 bits per heavy atom. The summed E-state index contributed by atoms with van der Waals surface area (Å²) in [6.45, 7) is 3.87. The van der Waals surface area contributed by atoms with Crippen molar-refractivity contribution in [2.24, 2.45) is 0 Å². The van der Waals surface area contributed by atoms with Crippen LogP contribution in [-0.2, 0) is 16.1 Å². The summed E-state index contributed by atoms with van der Waals surface area (Å²) in [6.07, 6.45) is 0. The number of hydrogen-bond acceptors (Lipinski definition) is 7. The van der Waals surface area contributed by atoms with Crippen LogP contribution in [0, 0.1) is 12.7 Å². The quantitative estimate of drug-likeness (QED) is 0.195. The van der Waals surface area contributed by atoms with E-state index in [4.69, 9.17) is 16.3 Å². The summed E-state index contributed by atoms with van der Waals surface area (Å²) in [6, 6.07) is 18.0. The number of aryl methyl sites for hydroxylation is 1. The summed E-state index contributed by atoms with van der Waals surface area (Å²) >= 11 is 7.18. The van der Waals surface area contributed by atoms with E-state index in [0.29, 0.717) is 22.2 Å². The van der Waals surface area contributed by atoms with Gasteiger partial charge in [-0.15, -0.1) is 10.2 Å². The van der Waals surface area contributed by atoms with Crippen molar-refractivity contribution in [1.82, 2.24) is 20.1 Å². The monoisotopic (exact) mass is 581 g/mol. The lowest BCUT2D eigenvalue weighted by Crippen LogP contribution is -2.26. The summed E-state index contributed by atoms with van der Waals surface area (Å²) in [5.74, 6) is -1.76. The molecule has 4 rings (SSSR count). The van der Waals surface area contributed by atoms with Crippen LogP contribution in [0.2, 0.25) is 5.02 Å². The Morgan fingerprint density at radius 3 is 2.50 bits per heavy atom. The highest BCUT2D eigenvalue weighted by Gasteiger charge is 2.20. The molecular formula is C28H25ClFN5O4S. The van der Waals surface area contributed by atoms with Crippen molar-refractivity contribution < 1.29 is 23.5 Å². The Labute approximate surface area is 239 Å². The van der Waals surface area contributed by atoms with Gasteiger partial charge in [-0.2, -0.15) is 0 Å². The number of aromatic nitrogens is 3. The van der Waals surface area contributed by atoms with E-state index in [1.807, 2.05) is 31.2 Å². The Hall–Kier alpha value is -4.22. The van der Waals surface area contributed by atoms with E-state index < -0.39 is 17.7 Å². The van der Waals surface area contributed by atoms with E-state index in [1.165, 1.54) is 12.1 Å². The number of anilines is 1. The van der Waals surface area contributed by atoms with E-state index in [0.717, 1.165) is 29.1 Å². The molecule has 2 amide bonds. The van der Waals surface area contributed by atoms with Crippen LogP contribution in [0.3, 0.4) is 0 Å². The van der Waals surface area contributed by atoms with Gasteiger partial charge in [-0.25, -0.2) is 9.18 Å². The van der Waals surface area contributed by atoms with Crippen LogP contribution in [0.4, 0.5) is 10.1 Å². The minimum absolute atomic E-state index is 0.00422. The van der Waals surface area contributed by atoms with E-state index in [2.05, 4.69) is 20.8 Å². The fourth-order valence-electron chi connectivity index (χ4n) is 3.73. The van der Waals surface area contributed by atoms with Gasteiger partial charge >= 0.3 is 5.97 Å².